The standard InChI is InChI=1S/C28H43ClN8O3Si2/c1-27(2,3)41(7,8)38-15-21-20(40-42(9,10)28(4,5)6)14-22(39-21)36-16-31-23-24(36)32-26(30)33-25(23)37-19-12-11-17(29)13-18(19)34-35-37/h11-13,16,20-22H,14-15H2,1-10H3,(H2,30,32,33)/t20-,21+,22+/m0/s1. The van der Waals surface area contributed by atoms with Crippen molar-refractivity contribution in [1.29, 1.82) is 0 Å². The van der Waals surface area contributed by atoms with Gasteiger partial charge in [0.25, 0.3) is 0 Å². The first kappa shape index (κ1) is 31.0. The van der Waals surface area contributed by atoms with Gasteiger partial charge >= 0.3 is 0 Å². The molecule has 0 unspecified atom stereocenters. The summed E-state index contributed by atoms with van der Waals surface area (Å²) < 4.78 is 23.8. The van der Waals surface area contributed by atoms with Gasteiger partial charge in [-0.3, -0.25) is 4.57 Å². The molecule has 3 aromatic heterocycles. The summed E-state index contributed by atoms with van der Waals surface area (Å²) in [7, 11) is -4.10. The van der Waals surface area contributed by atoms with E-state index in [9.17, 15) is 0 Å². The zero-order chi connectivity index (χ0) is 30.8. The minimum absolute atomic E-state index is 0.0546. The van der Waals surface area contributed by atoms with Crippen LogP contribution >= 0.6 is 11.6 Å². The predicted octanol–water partition coefficient (Wildman–Crippen LogP) is 6.50. The topological polar surface area (TPSA) is 128 Å². The van der Waals surface area contributed by atoms with E-state index in [1.54, 1.807) is 23.1 Å². The molecular formula is C28H43ClN8O3Si2. The Balaban J connectivity index is 1.50. The first-order chi connectivity index (χ1) is 19.4. The van der Waals surface area contributed by atoms with Crippen molar-refractivity contribution in [3.05, 3.63) is 29.5 Å². The second-order valence-corrected chi connectivity index (χ2v) is 24.2. The monoisotopic (exact) mass is 630 g/mol. The van der Waals surface area contributed by atoms with E-state index in [0.29, 0.717) is 40.5 Å². The van der Waals surface area contributed by atoms with Crippen LogP contribution in [-0.4, -0.2) is 70.0 Å². The maximum Gasteiger partial charge on any atom is 0.224 e. The van der Waals surface area contributed by atoms with Crippen LogP contribution in [0.25, 0.3) is 28.0 Å². The first-order valence-corrected chi connectivity index (χ1v) is 20.6. The lowest BCUT2D eigenvalue weighted by atomic mass is 10.2. The second kappa shape index (κ2) is 10.6. The summed E-state index contributed by atoms with van der Waals surface area (Å²) in [5, 5.41) is 9.28. The molecule has 42 heavy (non-hydrogen) atoms. The molecule has 14 heteroatoms. The van der Waals surface area contributed by atoms with Gasteiger partial charge in [0.15, 0.2) is 33.6 Å². The van der Waals surface area contributed by atoms with Gasteiger partial charge in [-0.1, -0.05) is 58.4 Å². The minimum Gasteiger partial charge on any atom is -0.414 e. The van der Waals surface area contributed by atoms with Gasteiger partial charge in [-0.15, -0.1) is 5.10 Å². The molecule has 1 aromatic carbocycles. The summed E-state index contributed by atoms with van der Waals surface area (Å²) in [6, 6.07) is 5.38. The molecule has 1 saturated heterocycles. The van der Waals surface area contributed by atoms with Crippen LogP contribution in [0, 0.1) is 0 Å². The van der Waals surface area contributed by atoms with Gasteiger partial charge in [-0.2, -0.15) is 14.6 Å². The van der Waals surface area contributed by atoms with Crippen LogP contribution in [-0.2, 0) is 13.6 Å². The van der Waals surface area contributed by atoms with Crippen molar-refractivity contribution in [2.24, 2.45) is 0 Å². The quantitative estimate of drug-likeness (QED) is 0.228. The van der Waals surface area contributed by atoms with Gasteiger partial charge < -0.3 is 19.3 Å². The Bertz CT molecular complexity index is 1610. The number of fused-ring (bicyclic) bond motifs is 2. The number of hydrogen-bond acceptors (Lipinski definition) is 9. The predicted molar refractivity (Wildman–Crippen MR) is 171 cm³/mol. The molecule has 0 radical (unpaired) electrons. The molecule has 3 atom stereocenters. The van der Waals surface area contributed by atoms with E-state index < -0.39 is 16.6 Å². The number of hydrogen-bond donors (Lipinski definition) is 1. The van der Waals surface area contributed by atoms with E-state index in [0.717, 1.165) is 5.52 Å². The van der Waals surface area contributed by atoms with Crippen LogP contribution in [0.2, 0.25) is 41.3 Å². The van der Waals surface area contributed by atoms with Crippen LogP contribution in [0.3, 0.4) is 0 Å². The molecule has 5 rings (SSSR count). The fraction of sp³-hybridized carbons (Fsp3) is 0.607. The Kier molecular flexibility index (Phi) is 7.85. The Morgan fingerprint density at radius 1 is 1.05 bits per heavy atom. The molecule has 0 spiro atoms. The fourth-order valence-corrected chi connectivity index (χ4v) is 7.08. The number of aromatic nitrogens is 7. The molecule has 4 aromatic rings. The average Bonchev–Trinajstić information content (AvgIpc) is 3.57. The number of rotatable bonds is 7. The van der Waals surface area contributed by atoms with E-state index >= 15 is 0 Å². The third kappa shape index (κ3) is 5.74. The first-order valence-electron chi connectivity index (χ1n) is 14.4. The van der Waals surface area contributed by atoms with E-state index in [1.807, 2.05) is 10.6 Å². The highest BCUT2D eigenvalue weighted by molar-refractivity contribution is 6.74. The smallest absolute Gasteiger partial charge is 0.224 e. The number of anilines is 1. The third-order valence-electron chi connectivity index (χ3n) is 9.19. The lowest BCUT2D eigenvalue weighted by molar-refractivity contribution is -0.0383. The number of benzene rings is 1. The average molecular weight is 631 g/mol. The summed E-state index contributed by atoms with van der Waals surface area (Å²) in [5.74, 6) is 0.535. The molecule has 0 bridgehead atoms. The molecular weight excluding hydrogens is 588 g/mol. The molecule has 0 aliphatic carbocycles. The highest BCUT2D eigenvalue weighted by Crippen LogP contribution is 2.43. The Hall–Kier alpha value is -2.43. The summed E-state index contributed by atoms with van der Waals surface area (Å²) in [4.78, 5) is 13.8. The van der Waals surface area contributed by atoms with Gasteiger partial charge in [0.2, 0.25) is 5.95 Å². The molecule has 2 N–H and O–H groups in total. The van der Waals surface area contributed by atoms with Gasteiger partial charge in [0.05, 0.1) is 24.6 Å². The maximum absolute atomic E-state index is 6.96. The number of nitrogens with zero attached hydrogens (tertiary/aromatic N) is 7. The Labute approximate surface area is 254 Å². The number of halogens is 1. The number of imidazole rings is 1. The molecule has 11 nitrogen and oxygen atoms in total. The molecule has 0 saturated carbocycles. The SMILES string of the molecule is CC(C)(C)[Si](C)(C)OC[C@H]1O[C@@H](n2cnc3c(-n4nnc5cc(Cl)ccc54)nc(N)nc32)C[C@@H]1O[Si](C)(C)C(C)(C)C. The zero-order valence-electron chi connectivity index (χ0n) is 26.3. The molecule has 1 aliphatic heterocycles. The molecule has 228 valence electrons. The molecule has 1 aliphatic rings. The van der Waals surface area contributed by atoms with Gasteiger partial charge in [0.1, 0.15) is 17.8 Å². The van der Waals surface area contributed by atoms with Gasteiger partial charge in [-0.25, -0.2) is 4.98 Å². The van der Waals surface area contributed by atoms with E-state index in [2.05, 4.69) is 88.0 Å². The Morgan fingerprint density at radius 3 is 2.40 bits per heavy atom. The molecule has 0 amide bonds. The van der Waals surface area contributed by atoms with Crippen molar-refractivity contribution >= 4 is 56.4 Å². The van der Waals surface area contributed by atoms with Crippen LogP contribution in [0.5, 0.6) is 0 Å². The summed E-state index contributed by atoms with van der Waals surface area (Å²) in [6.07, 6.45) is 1.61. The highest BCUT2D eigenvalue weighted by atomic mass is 35.5. The molecule has 1 fully saturated rings. The Morgan fingerprint density at radius 2 is 1.74 bits per heavy atom. The van der Waals surface area contributed by atoms with Crippen LogP contribution in [0.4, 0.5) is 5.95 Å². The summed E-state index contributed by atoms with van der Waals surface area (Å²) in [6.45, 7) is 23.0. The normalized spacial score (nSPS) is 20.7. The van der Waals surface area contributed by atoms with Crippen molar-refractivity contribution in [1.82, 2.24) is 34.5 Å². The highest BCUT2D eigenvalue weighted by Gasteiger charge is 2.47. The van der Waals surface area contributed by atoms with Gasteiger partial charge in [-0.05, 0) is 54.5 Å². The van der Waals surface area contributed by atoms with Crippen molar-refractivity contribution < 1.29 is 13.6 Å². The van der Waals surface area contributed by atoms with Gasteiger partial charge in [0, 0.05) is 11.4 Å². The van der Waals surface area contributed by atoms with Crippen LogP contribution < -0.4 is 5.73 Å². The number of nitrogen functional groups attached to an aromatic ring is 1. The maximum atomic E-state index is 6.96. The van der Waals surface area contributed by atoms with E-state index in [1.165, 1.54) is 0 Å². The lowest BCUT2D eigenvalue weighted by Gasteiger charge is -2.40. The van der Waals surface area contributed by atoms with Crippen molar-refractivity contribution in [3.63, 3.8) is 0 Å². The van der Waals surface area contributed by atoms with Crippen molar-refractivity contribution in [3.8, 4) is 5.82 Å². The van der Waals surface area contributed by atoms with Crippen molar-refractivity contribution in [2.45, 2.75) is 103 Å². The largest absolute Gasteiger partial charge is 0.414 e. The minimum atomic E-state index is -2.10. The fourth-order valence-electron chi connectivity index (χ4n) is 4.54. The van der Waals surface area contributed by atoms with Crippen LogP contribution in [0.15, 0.2) is 24.5 Å². The summed E-state index contributed by atoms with van der Waals surface area (Å²) >= 11 is 6.16. The van der Waals surface area contributed by atoms with E-state index in [4.69, 9.17) is 35.9 Å². The lowest BCUT2D eigenvalue weighted by Crippen LogP contribution is -2.48. The summed E-state index contributed by atoms with van der Waals surface area (Å²) in [5.41, 5.74) is 8.69. The van der Waals surface area contributed by atoms with Crippen molar-refractivity contribution in [2.75, 3.05) is 12.3 Å². The zero-order valence-corrected chi connectivity index (χ0v) is 29.0. The van der Waals surface area contributed by atoms with Crippen LogP contribution in [0.1, 0.15) is 54.2 Å². The number of ether oxygens (including phenoxy) is 1. The third-order valence-corrected chi connectivity index (χ3v) is 18.4. The number of nitrogens with two attached hydrogens (primary N) is 1. The second-order valence-electron chi connectivity index (χ2n) is 14.2. The molecule has 4 heterocycles. The van der Waals surface area contributed by atoms with E-state index in [-0.39, 0.29) is 34.5 Å².